The summed E-state index contributed by atoms with van der Waals surface area (Å²) >= 11 is 12.4. The zero-order valence-corrected chi connectivity index (χ0v) is 81.5. The monoisotopic (exact) mass is 2090 g/mol. The Bertz CT molecular complexity index is 4600. The number of phenols is 1. The first-order valence-electron chi connectivity index (χ1n) is 43.7. The third kappa shape index (κ3) is 60.1. The van der Waals surface area contributed by atoms with E-state index in [1.165, 1.54) is 11.1 Å². The Balaban J connectivity index is 0.000000578. The lowest BCUT2D eigenvalue weighted by atomic mass is 10.1. The number of hydrogen-bond donors (Lipinski definition) is 23. The van der Waals surface area contributed by atoms with E-state index in [4.69, 9.17) is 137 Å². The number of ether oxygens (including phenoxy) is 9. The van der Waals surface area contributed by atoms with Gasteiger partial charge in [-0.25, -0.2) is 29.5 Å². The number of aliphatic hydroxyl groups is 11. The van der Waals surface area contributed by atoms with Gasteiger partial charge in [-0.1, -0.05) is 144 Å². The van der Waals surface area contributed by atoms with Crippen molar-refractivity contribution in [1.82, 2.24) is 41.2 Å². The summed E-state index contributed by atoms with van der Waals surface area (Å²) in [4.78, 5) is 66.0. The van der Waals surface area contributed by atoms with Crippen LogP contribution in [0.1, 0.15) is 113 Å². The fourth-order valence-corrected chi connectivity index (χ4v) is 11.0. The summed E-state index contributed by atoms with van der Waals surface area (Å²) in [6.45, 7) is 4.77. The van der Waals surface area contributed by atoms with Crippen LogP contribution in [-0.4, -0.2) is 291 Å². The van der Waals surface area contributed by atoms with E-state index in [0.29, 0.717) is 43.5 Å². The number of benzene rings is 6. The topological polar surface area (TPSA) is 689 Å². The number of rotatable bonds is 50. The number of aliphatic imine (C=N–C) groups is 1. The van der Waals surface area contributed by atoms with Gasteiger partial charge in [0, 0.05) is 26.2 Å². The van der Waals surface area contributed by atoms with Gasteiger partial charge in [0.25, 0.3) is 11.8 Å². The number of aromatic nitrogens is 4. The smallest absolute Gasteiger partial charge is 0.407 e. The van der Waals surface area contributed by atoms with Gasteiger partial charge in [-0.15, -0.1) is 24.0 Å². The van der Waals surface area contributed by atoms with E-state index in [1.807, 2.05) is 146 Å². The lowest BCUT2D eigenvalue weighted by Crippen LogP contribution is -2.38. The normalized spacial score (nSPS) is 12.8. The van der Waals surface area contributed by atoms with Crippen molar-refractivity contribution in [3.8, 4) is 23.0 Å². The second-order valence-corrected chi connectivity index (χ2v) is 31.2. The number of nitrogens with zero attached hydrogens (tertiary/aromatic N) is 5. The van der Waals surface area contributed by atoms with Crippen LogP contribution in [0.2, 0.25) is 10.3 Å². The molecule has 0 aliphatic carbocycles. The highest BCUT2D eigenvalue weighted by Gasteiger charge is 2.22. The Morgan fingerprint density at radius 1 is 0.474 bits per heavy atom. The minimum Gasteiger partial charge on any atom is -0.508 e. The predicted molar refractivity (Wildman–Crippen MR) is 533 cm³/mol. The zero-order chi connectivity index (χ0) is 100. The quantitative estimate of drug-likeness (QED) is 0.00730. The standard InChI is InChI=1S/C24H33NO7.C22H32ClN7O6.C18H21NO3.C16H27NO5.C7H9ClN6OS.C3H6O2.C2H6O.HI/c26-14-21(27)16-30-17-22(28)18-31-23-11-9-19(10-12-23)6-4-5-13-25-24(29)32-15-20-7-2-1-3-8-20;23-18-20(25)29-19(24)17(28-18)21(34)30-22(26)27-8-2-1-3-13-4-6-16(7-5-13)36-12-15(33)11-35-10-14(32)9-31;20-17-11-9-15(10-12-17)6-4-5-13-19-18(21)22-14-16-7-2-1-3-8-16;17-8-2-1-3-13-4-6-16(7-5-13)22-12-15(20)11-21-10-14(19)9-18;1-16-7(11)14-6(15)2-4(9)13-5(10)3(8)12-2;4-1-3-2-5-3;1-2-3;/h1-3,7-12,21-22,26-28H,4-6,13-18H2,(H,25,29);4-7,14-15,31-33H,1-3,8-12H2,(H4,24,25,29)(H3,26,27,30,34);1-3,7-12,20H,4-6,13-14H2,(H,19,21);4-7,14-15,18-20H,1-3,8-12,17H2;1H3,(H4,9,10,13)(H2,11,14,15);3-4H,1-2H2;3H,2H2,1H3;1H. The second-order valence-electron chi connectivity index (χ2n) is 29.6. The first-order valence-corrected chi connectivity index (χ1v) is 45.7. The van der Waals surface area contributed by atoms with Gasteiger partial charge in [0.2, 0.25) is 0 Å². The Labute approximate surface area is 828 Å². The van der Waals surface area contributed by atoms with Crippen LogP contribution in [0, 0.1) is 5.41 Å². The summed E-state index contributed by atoms with van der Waals surface area (Å²) in [6.07, 6.45) is 6.68. The number of anilines is 4. The average molecular weight is 2100 g/mol. The molecule has 7 atom stereocenters. The number of amides is 4. The molecule has 2 aromatic heterocycles. The number of phenolic OH excluding ortho intramolecular Hbond substituents is 1. The van der Waals surface area contributed by atoms with E-state index < -0.39 is 61.1 Å². The van der Waals surface area contributed by atoms with Gasteiger partial charge in [0.05, 0.1) is 72.7 Å². The molecule has 0 radical (unpaired) electrons. The van der Waals surface area contributed by atoms with Crippen molar-refractivity contribution in [2.24, 2.45) is 16.5 Å². The van der Waals surface area contributed by atoms with Gasteiger partial charge in [0.1, 0.15) is 98.8 Å². The van der Waals surface area contributed by atoms with E-state index in [-0.39, 0.29) is 191 Å². The maximum atomic E-state index is 12.2. The number of carbonyl (C=O) groups excluding carboxylic acids is 4. The number of unbranched alkanes of at least 4 members (excludes halogenated alkanes) is 4. The molecule has 3 heterocycles. The molecular weight excluding hydrogens is 1960 g/mol. The Morgan fingerprint density at radius 3 is 1.12 bits per heavy atom. The number of carbonyl (C=O) groups is 4. The van der Waals surface area contributed by atoms with Gasteiger partial charge in [-0.2, -0.15) is 0 Å². The van der Waals surface area contributed by atoms with Gasteiger partial charge in [-0.3, -0.25) is 25.3 Å². The number of nitrogens with two attached hydrogens (primary N) is 6. The van der Waals surface area contributed by atoms with Crippen LogP contribution in [0.3, 0.4) is 0 Å². The molecular formula is C92H135Cl2IN16O25S. The van der Waals surface area contributed by atoms with Crippen molar-refractivity contribution in [2.45, 2.75) is 140 Å². The van der Waals surface area contributed by atoms with Crippen molar-refractivity contribution in [3.63, 3.8) is 0 Å². The van der Waals surface area contributed by atoms with Crippen LogP contribution in [0.5, 0.6) is 23.0 Å². The number of amidine groups is 1. The Morgan fingerprint density at radius 2 is 0.803 bits per heavy atom. The highest BCUT2D eigenvalue weighted by Crippen LogP contribution is 2.22. The highest BCUT2D eigenvalue weighted by atomic mass is 127. The summed E-state index contributed by atoms with van der Waals surface area (Å²) in [5.74, 6) is 0.392. The molecule has 8 aromatic rings. The summed E-state index contributed by atoms with van der Waals surface area (Å²) < 4.78 is 46.7. The number of nitrogens with one attached hydrogen (secondary N) is 5. The molecule has 137 heavy (non-hydrogen) atoms. The van der Waals surface area contributed by atoms with Crippen molar-refractivity contribution >= 4 is 117 Å². The SMILES string of the molecule is CCO.CSC(=N)NC(=O)c1nc(Cl)c(N)nc1N.I.NC(=NCCCCc1ccc(OCC(O)COCC(O)CO)cc1)NC(=O)c1nc(Cl)c(N)nc1N.NCCCCc1ccc(OCC(O)COCC(O)CO)cc1.O=C(NCCCCc1ccc(O)cc1)OCc1ccccc1.O=C(NCCCCc1ccc(OCC(O)COCC(O)CO)cc1)OCc1ccccc1.OCC1CO1. The van der Waals surface area contributed by atoms with Gasteiger partial charge < -0.3 is 154 Å². The van der Waals surface area contributed by atoms with Crippen LogP contribution in [0.15, 0.2) is 163 Å². The maximum absolute atomic E-state index is 12.2. The zero-order valence-electron chi connectivity index (χ0n) is 76.8. The molecule has 0 saturated carbocycles. The number of aromatic hydroxyl groups is 1. The highest BCUT2D eigenvalue weighted by molar-refractivity contribution is 14.0. The van der Waals surface area contributed by atoms with Gasteiger partial charge in [0.15, 0.2) is 56.1 Å². The molecule has 4 amide bonds. The summed E-state index contributed by atoms with van der Waals surface area (Å²) in [7, 11) is 0. The van der Waals surface area contributed by atoms with Crippen molar-refractivity contribution in [2.75, 3.05) is 154 Å². The van der Waals surface area contributed by atoms with Gasteiger partial charge in [-0.05, 0) is 179 Å². The minimum atomic E-state index is -0.966. The molecule has 1 saturated heterocycles. The summed E-state index contributed by atoms with van der Waals surface area (Å²) in [6, 6.07) is 49.2. The van der Waals surface area contributed by atoms with E-state index in [0.717, 1.165) is 124 Å². The van der Waals surface area contributed by atoms with Crippen molar-refractivity contribution in [1.29, 1.82) is 5.41 Å². The number of halogens is 3. The molecule has 1 aliphatic rings. The van der Waals surface area contributed by atoms with Crippen LogP contribution in [0.4, 0.5) is 32.9 Å². The number of hydrogen-bond acceptors (Lipinski definition) is 37. The van der Waals surface area contributed by atoms with E-state index in [1.54, 1.807) is 25.3 Å². The third-order valence-corrected chi connectivity index (χ3v) is 18.9. The molecule has 7 unspecified atom stereocenters. The Hall–Kier alpha value is -10.5. The van der Waals surface area contributed by atoms with E-state index in [9.17, 15) is 44.7 Å². The number of nitrogen functional groups attached to an aromatic ring is 4. The predicted octanol–water partition coefficient (Wildman–Crippen LogP) is 5.55. The molecule has 1 aliphatic heterocycles. The number of epoxide rings is 1. The second kappa shape index (κ2) is 75.5. The van der Waals surface area contributed by atoms with Crippen LogP contribution in [0.25, 0.3) is 0 Å². The fourth-order valence-electron chi connectivity index (χ4n) is 10.6. The minimum absolute atomic E-state index is 0. The number of guanidine groups is 1. The molecule has 41 nitrogen and oxygen atoms in total. The number of thioether (sulfide) groups is 1. The maximum Gasteiger partial charge on any atom is 0.407 e. The lowest BCUT2D eigenvalue weighted by Gasteiger charge is -2.14. The van der Waals surface area contributed by atoms with Crippen molar-refractivity contribution < 1.29 is 123 Å². The summed E-state index contributed by atoms with van der Waals surface area (Å²) in [5.41, 5.74) is 39.4. The Kier molecular flexibility index (Phi) is 67.6. The van der Waals surface area contributed by atoms with Crippen molar-refractivity contribution in [3.05, 3.63) is 213 Å². The average Bonchev–Trinajstić information content (AvgIpc) is 1.76. The molecule has 29 N–H and O–H groups in total. The summed E-state index contributed by atoms with van der Waals surface area (Å²) in [5, 5.41) is 125. The molecule has 45 heteroatoms. The fraction of sp³-hybridized carbons (Fsp3) is 0.457. The van der Waals surface area contributed by atoms with E-state index >= 15 is 0 Å². The number of aryl methyl sites for hydroxylation is 4. The van der Waals surface area contributed by atoms with E-state index in [2.05, 4.69) is 50.9 Å². The molecule has 0 spiro atoms. The molecule has 9 rings (SSSR count). The van der Waals surface area contributed by atoms with Gasteiger partial charge >= 0.3 is 12.2 Å². The van der Waals surface area contributed by atoms with Crippen LogP contribution >= 0.6 is 58.9 Å². The molecule has 0 bridgehead atoms. The largest absolute Gasteiger partial charge is 0.508 e. The number of aliphatic hydroxyl groups excluding tert-OH is 11. The lowest BCUT2D eigenvalue weighted by molar-refractivity contribution is -0.0337. The molecule has 760 valence electrons. The van der Waals surface area contributed by atoms with Crippen LogP contribution in [-0.2, 0) is 67.3 Å². The number of alkyl carbamates (subject to hydrolysis) is 2. The first kappa shape index (κ1) is 123. The molecule has 1 fully saturated rings. The molecule has 6 aromatic carbocycles. The first-order chi connectivity index (χ1) is 65.4. The third-order valence-electron chi connectivity index (χ3n) is 17.9. The van der Waals surface area contributed by atoms with Crippen LogP contribution < -0.4 is 69.9 Å².